The monoisotopic (exact) mass is 404 g/mol. The van der Waals surface area contributed by atoms with E-state index in [0.717, 1.165) is 11.1 Å². The van der Waals surface area contributed by atoms with Crippen molar-refractivity contribution in [3.05, 3.63) is 94.9 Å². The number of thioether (sulfide) groups is 1. The number of carboxylic acids is 1. The molecule has 0 aliphatic carbocycles. The third-order valence-corrected chi connectivity index (χ3v) is 5.10. The number of carbonyl (C=O) groups excluding carboxylic acids is 1. The normalized spacial score (nSPS) is 17.2. The van der Waals surface area contributed by atoms with Gasteiger partial charge in [0, 0.05) is 6.54 Å². The van der Waals surface area contributed by atoms with Crippen molar-refractivity contribution in [1.82, 2.24) is 4.90 Å². The Bertz CT molecular complexity index is 1020. The minimum Gasteiger partial charge on any atom is -0.478 e. The fourth-order valence-electron chi connectivity index (χ4n) is 2.73. The number of rotatable bonds is 6. The zero-order chi connectivity index (χ0) is 20.8. The summed E-state index contributed by atoms with van der Waals surface area (Å²) >= 11 is 1.29. The summed E-state index contributed by atoms with van der Waals surface area (Å²) in [5.41, 5.74) is 2.79. The van der Waals surface area contributed by atoms with Gasteiger partial charge in [0.05, 0.1) is 16.2 Å². The molecule has 2 aromatic rings. The first-order chi connectivity index (χ1) is 14.0. The second-order valence-electron chi connectivity index (χ2n) is 6.36. The van der Waals surface area contributed by atoms with Gasteiger partial charge in [0.2, 0.25) is 0 Å². The molecule has 1 aliphatic heterocycles. The average molecular weight is 404 g/mol. The van der Waals surface area contributed by atoms with Crippen molar-refractivity contribution in [2.45, 2.75) is 6.92 Å². The number of allylic oxidation sites excluding steroid dienone is 2. The first kappa shape index (κ1) is 20.4. The maximum absolute atomic E-state index is 12.8. The maximum atomic E-state index is 12.8. The van der Waals surface area contributed by atoms with Gasteiger partial charge in [-0.1, -0.05) is 42.5 Å². The van der Waals surface area contributed by atoms with E-state index in [0.29, 0.717) is 22.3 Å². The van der Waals surface area contributed by atoms with Crippen LogP contribution in [0.3, 0.4) is 0 Å². The van der Waals surface area contributed by atoms with Gasteiger partial charge >= 0.3 is 5.97 Å². The van der Waals surface area contributed by atoms with E-state index in [4.69, 9.17) is 5.11 Å². The molecular formula is C23H20N2O3S. The molecule has 1 amide bonds. The molecule has 1 fully saturated rings. The van der Waals surface area contributed by atoms with Crippen LogP contribution in [0.1, 0.15) is 22.8 Å². The van der Waals surface area contributed by atoms with Crippen LogP contribution in [0.2, 0.25) is 0 Å². The highest BCUT2D eigenvalue weighted by atomic mass is 32.2. The fraction of sp³-hybridized carbons (Fsp3) is 0.0870. The van der Waals surface area contributed by atoms with Crippen molar-refractivity contribution in [3.8, 4) is 0 Å². The van der Waals surface area contributed by atoms with Gasteiger partial charge in [-0.25, -0.2) is 9.79 Å². The van der Waals surface area contributed by atoms with Crippen molar-refractivity contribution >= 4 is 40.6 Å². The molecule has 0 saturated carbocycles. The van der Waals surface area contributed by atoms with Crippen LogP contribution in [0.15, 0.2) is 88.8 Å². The number of nitrogens with zero attached hydrogens (tertiary/aromatic N) is 2. The van der Waals surface area contributed by atoms with E-state index < -0.39 is 5.97 Å². The third-order valence-electron chi connectivity index (χ3n) is 4.09. The second-order valence-corrected chi connectivity index (χ2v) is 7.37. The lowest BCUT2D eigenvalue weighted by Crippen LogP contribution is -2.29. The molecule has 0 atom stereocenters. The van der Waals surface area contributed by atoms with Crippen LogP contribution in [0.4, 0.5) is 5.69 Å². The Morgan fingerprint density at radius 2 is 1.86 bits per heavy atom. The molecule has 0 unspecified atom stereocenters. The topological polar surface area (TPSA) is 70.0 Å². The van der Waals surface area contributed by atoms with Gasteiger partial charge in [0.25, 0.3) is 5.91 Å². The molecule has 0 aromatic heterocycles. The summed E-state index contributed by atoms with van der Waals surface area (Å²) < 4.78 is 0. The lowest BCUT2D eigenvalue weighted by atomic mass is 10.1. The molecule has 3 rings (SSSR count). The summed E-state index contributed by atoms with van der Waals surface area (Å²) in [4.78, 5) is 30.5. The first-order valence-corrected chi connectivity index (χ1v) is 9.77. The molecule has 6 heteroatoms. The van der Waals surface area contributed by atoms with Gasteiger partial charge in [-0.15, -0.1) is 6.58 Å². The van der Waals surface area contributed by atoms with Crippen molar-refractivity contribution in [2.24, 2.45) is 4.99 Å². The summed E-state index contributed by atoms with van der Waals surface area (Å²) in [6.07, 6.45) is 5.52. The minimum absolute atomic E-state index is 0.128. The van der Waals surface area contributed by atoms with E-state index in [-0.39, 0.29) is 11.5 Å². The van der Waals surface area contributed by atoms with Gasteiger partial charge in [0.1, 0.15) is 0 Å². The molecule has 29 heavy (non-hydrogen) atoms. The summed E-state index contributed by atoms with van der Waals surface area (Å²) in [5, 5.41) is 9.55. The number of carboxylic acid groups (broad SMARTS) is 1. The Labute approximate surface area is 173 Å². The van der Waals surface area contributed by atoms with E-state index in [1.54, 1.807) is 23.1 Å². The maximum Gasteiger partial charge on any atom is 0.335 e. The van der Waals surface area contributed by atoms with E-state index in [9.17, 15) is 9.59 Å². The van der Waals surface area contributed by atoms with Crippen molar-refractivity contribution in [3.63, 3.8) is 0 Å². The molecule has 1 N–H and O–H groups in total. The quantitative estimate of drug-likeness (QED) is 0.536. The molecule has 2 aromatic carbocycles. The molecule has 1 aliphatic rings. The number of aromatic carboxylic acids is 1. The SMILES string of the molecule is C=CCN1C(=O)/C(=C/C(C)=C/c2ccccc2)SC1=Nc1ccc(C(=O)O)cc1. The molecule has 146 valence electrons. The Hall–Kier alpha value is -3.38. The van der Waals surface area contributed by atoms with Crippen LogP contribution in [-0.4, -0.2) is 33.6 Å². The number of hydrogen-bond donors (Lipinski definition) is 1. The van der Waals surface area contributed by atoms with Crippen LogP contribution < -0.4 is 0 Å². The van der Waals surface area contributed by atoms with E-state index in [1.165, 1.54) is 23.9 Å². The predicted octanol–water partition coefficient (Wildman–Crippen LogP) is 5.12. The van der Waals surface area contributed by atoms with Crippen LogP contribution in [0.5, 0.6) is 0 Å². The molecule has 0 bridgehead atoms. The minimum atomic E-state index is -0.992. The number of carbonyl (C=O) groups is 2. The van der Waals surface area contributed by atoms with Gasteiger partial charge in [-0.3, -0.25) is 9.69 Å². The molecule has 0 radical (unpaired) electrons. The largest absolute Gasteiger partial charge is 0.478 e. The number of hydrogen-bond acceptors (Lipinski definition) is 4. The highest BCUT2D eigenvalue weighted by molar-refractivity contribution is 8.18. The average Bonchev–Trinajstić information content (AvgIpc) is 2.98. The first-order valence-electron chi connectivity index (χ1n) is 8.95. The lowest BCUT2D eigenvalue weighted by Gasteiger charge is -2.12. The van der Waals surface area contributed by atoms with Gasteiger partial charge in [-0.05, 0) is 60.2 Å². The molecule has 5 nitrogen and oxygen atoms in total. The zero-order valence-electron chi connectivity index (χ0n) is 15.9. The van der Waals surface area contributed by atoms with Crippen LogP contribution in [-0.2, 0) is 4.79 Å². The van der Waals surface area contributed by atoms with E-state index in [1.807, 2.05) is 49.4 Å². The Morgan fingerprint density at radius 3 is 2.48 bits per heavy atom. The highest BCUT2D eigenvalue weighted by Crippen LogP contribution is 2.33. The number of aliphatic imine (C=N–C) groups is 1. The fourth-order valence-corrected chi connectivity index (χ4v) is 3.79. The zero-order valence-corrected chi connectivity index (χ0v) is 16.7. The van der Waals surface area contributed by atoms with E-state index in [2.05, 4.69) is 11.6 Å². The predicted molar refractivity (Wildman–Crippen MR) is 118 cm³/mol. The van der Waals surface area contributed by atoms with Crippen molar-refractivity contribution in [2.75, 3.05) is 6.54 Å². The molecular weight excluding hydrogens is 384 g/mol. The van der Waals surface area contributed by atoms with Crippen molar-refractivity contribution in [1.29, 1.82) is 0 Å². The molecule has 1 saturated heterocycles. The standard InChI is InChI=1S/C23H20N2O3S/c1-3-13-25-21(26)20(15-16(2)14-17-7-5-4-6-8-17)29-23(25)24-19-11-9-18(10-12-19)22(27)28/h3-12,14-15H,1,13H2,2H3,(H,27,28)/b16-14+,20-15-,24-23?. The van der Waals surface area contributed by atoms with Crippen LogP contribution >= 0.6 is 11.8 Å². The van der Waals surface area contributed by atoms with Gasteiger partial charge in [-0.2, -0.15) is 0 Å². The summed E-state index contributed by atoms with van der Waals surface area (Å²) in [6.45, 7) is 6.01. The smallest absolute Gasteiger partial charge is 0.335 e. The Morgan fingerprint density at radius 1 is 1.17 bits per heavy atom. The molecule has 1 heterocycles. The van der Waals surface area contributed by atoms with Gasteiger partial charge < -0.3 is 5.11 Å². The lowest BCUT2D eigenvalue weighted by molar-refractivity contribution is -0.121. The summed E-state index contributed by atoms with van der Waals surface area (Å²) in [5.74, 6) is -1.12. The number of amides is 1. The molecule has 0 spiro atoms. The van der Waals surface area contributed by atoms with E-state index >= 15 is 0 Å². The highest BCUT2D eigenvalue weighted by Gasteiger charge is 2.32. The van der Waals surface area contributed by atoms with Crippen molar-refractivity contribution < 1.29 is 14.7 Å². The third kappa shape index (κ3) is 5.12. The van der Waals surface area contributed by atoms with Gasteiger partial charge in [0.15, 0.2) is 5.17 Å². The summed E-state index contributed by atoms with van der Waals surface area (Å²) in [7, 11) is 0. The van der Waals surface area contributed by atoms with Crippen LogP contribution in [0, 0.1) is 0 Å². The Balaban J connectivity index is 1.88. The Kier molecular flexibility index (Phi) is 6.46. The second kappa shape index (κ2) is 9.21. The summed E-state index contributed by atoms with van der Waals surface area (Å²) in [6, 6.07) is 16.1. The number of benzene rings is 2. The number of amidine groups is 1. The van der Waals surface area contributed by atoms with Crippen LogP contribution in [0.25, 0.3) is 6.08 Å².